The number of imide groups is 2. The summed E-state index contributed by atoms with van der Waals surface area (Å²) in [7, 11) is 1.46. The number of ether oxygens (including phenoxy) is 2. The Hall–Kier alpha value is -2.54. The van der Waals surface area contributed by atoms with E-state index in [9.17, 15) is 14.4 Å². The number of hydrogen-bond acceptors (Lipinski definition) is 5. The third kappa shape index (κ3) is 3.86. The molecule has 0 saturated carbocycles. The molecule has 1 fully saturated rings. The van der Waals surface area contributed by atoms with Gasteiger partial charge < -0.3 is 9.47 Å². The van der Waals surface area contributed by atoms with Gasteiger partial charge in [-0.25, -0.2) is 4.79 Å². The van der Waals surface area contributed by atoms with Crippen molar-refractivity contribution >= 4 is 35.5 Å². The van der Waals surface area contributed by atoms with Crippen LogP contribution in [0.2, 0.25) is 5.02 Å². The lowest BCUT2D eigenvalue weighted by Gasteiger charge is -2.18. The van der Waals surface area contributed by atoms with Gasteiger partial charge in [0.1, 0.15) is 5.57 Å². The van der Waals surface area contributed by atoms with Crippen LogP contribution in [0.25, 0.3) is 6.08 Å². The molecule has 1 aromatic carbocycles. The van der Waals surface area contributed by atoms with Crippen molar-refractivity contribution in [1.82, 2.24) is 10.6 Å². The maximum absolute atomic E-state index is 11.8. The van der Waals surface area contributed by atoms with E-state index in [1.165, 1.54) is 13.2 Å². The van der Waals surface area contributed by atoms with Gasteiger partial charge in [-0.2, -0.15) is 0 Å². The zero-order valence-electron chi connectivity index (χ0n) is 13.4. The Balaban J connectivity index is 2.40. The summed E-state index contributed by atoms with van der Waals surface area (Å²) in [4.78, 5) is 34.6. The Morgan fingerprint density at radius 3 is 2.38 bits per heavy atom. The third-order valence-corrected chi connectivity index (χ3v) is 3.68. The van der Waals surface area contributed by atoms with E-state index in [0.717, 1.165) is 6.42 Å². The Kier molecular flexibility index (Phi) is 5.46. The SMILES string of the molecule is CC[C@H](C)Oc1c(Cl)cc(C=C2C(=O)NC(=O)NC2=O)cc1OC. The minimum Gasteiger partial charge on any atom is -0.493 e. The van der Waals surface area contributed by atoms with E-state index in [4.69, 9.17) is 21.1 Å². The topological polar surface area (TPSA) is 93.7 Å². The van der Waals surface area contributed by atoms with Gasteiger partial charge in [0.05, 0.1) is 18.2 Å². The van der Waals surface area contributed by atoms with Gasteiger partial charge in [0.15, 0.2) is 11.5 Å². The molecule has 4 amide bonds. The van der Waals surface area contributed by atoms with Crippen LogP contribution in [0.1, 0.15) is 25.8 Å². The van der Waals surface area contributed by atoms with Gasteiger partial charge in [-0.1, -0.05) is 18.5 Å². The van der Waals surface area contributed by atoms with Crippen LogP contribution in [0, 0.1) is 0 Å². The van der Waals surface area contributed by atoms with Crippen molar-refractivity contribution in [3.05, 3.63) is 28.3 Å². The summed E-state index contributed by atoms with van der Waals surface area (Å²) in [5.74, 6) is -0.789. The summed E-state index contributed by atoms with van der Waals surface area (Å²) in [5, 5.41) is 4.29. The van der Waals surface area contributed by atoms with Crippen LogP contribution in [-0.4, -0.2) is 31.1 Å². The molecule has 0 spiro atoms. The molecule has 0 bridgehead atoms. The van der Waals surface area contributed by atoms with Crippen molar-refractivity contribution in [2.75, 3.05) is 7.11 Å². The van der Waals surface area contributed by atoms with E-state index in [1.807, 2.05) is 24.5 Å². The summed E-state index contributed by atoms with van der Waals surface area (Å²) in [6, 6.07) is 2.29. The molecule has 1 aliphatic rings. The highest BCUT2D eigenvalue weighted by Crippen LogP contribution is 2.38. The number of urea groups is 1. The molecule has 2 N–H and O–H groups in total. The molecule has 0 unspecified atom stereocenters. The molecule has 2 rings (SSSR count). The maximum Gasteiger partial charge on any atom is 0.328 e. The minimum atomic E-state index is -0.852. The molecule has 7 nitrogen and oxygen atoms in total. The summed E-state index contributed by atoms with van der Waals surface area (Å²) in [5.41, 5.74) is 0.256. The smallest absolute Gasteiger partial charge is 0.328 e. The van der Waals surface area contributed by atoms with Crippen molar-refractivity contribution < 1.29 is 23.9 Å². The van der Waals surface area contributed by atoms with E-state index in [2.05, 4.69) is 0 Å². The lowest BCUT2D eigenvalue weighted by atomic mass is 10.1. The van der Waals surface area contributed by atoms with E-state index < -0.39 is 17.8 Å². The molecule has 1 saturated heterocycles. The first-order chi connectivity index (χ1) is 11.3. The van der Waals surface area contributed by atoms with Crippen LogP contribution >= 0.6 is 11.6 Å². The number of barbiturate groups is 1. The van der Waals surface area contributed by atoms with Crippen molar-refractivity contribution in [3.8, 4) is 11.5 Å². The van der Waals surface area contributed by atoms with Gasteiger partial charge in [0.2, 0.25) is 0 Å². The van der Waals surface area contributed by atoms with Crippen molar-refractivity contribution in [1.29, 1.82) is 0 Å². The number of carbonyl (C=O) groups is 3. The molecule has 0 aromatic heterocycles. The van der Waals surface area contributed by atoms with Crippen LogP contribution in [0.15, 0.2) is 17.7 Å². The standard InChI is InChI=1S/C16H17ClN2O5/c1-4-8(2)24-13-11(17)6-9(7-12(13)23-3)5-10-14(20)18-16(22)19-15(10)21/h5-8H,4H2,1-3H3,(H2,18,19,20,21,22)/t8-/m0/s1. The molecule has 1 aliphatic heterocycles. The highest BCUT2D eigenvalue weighted by atomic mass is 35.5. The Morgan fingerprint density at radius 2 is 1.83 bits per heavy atom. The van der Waals surface area contributed by atoms with Crippen molar-refractivity contribution in [2.24, 2.45) is 0 Å². The van der Waals surface area contributed by atoms with Crippen molar-refractivity contribution in [2.45, 2.75) is 26.4 Å². The highest BCUT2D eigenvalue weighted by Gasteiger charge is 2.28. The molecule has 1 atom stereocenters. The van der Waals surface area contributed by atoms with Gasteiger partial charge in [0, 0.05) is 0 Å². The van der Waals surface area contributed by atoms with Gasteiger partial charge in [-0.15, -0.1) is 0 Å². The fourth-order valence-electron chi connectivity index (χ4n) is 2.00. The maximum atomic E-state index is 11.8. The first-order valence-electron chi connectivity index (χ1n) is 7.28. The van der Waals surface area contributed by atoms with Gasteiger partial charge >= 0.3 is 6.03 Å². The molecule has 24 heavy (non-hydrogen) atoms. The number of benzene rings is 1. The number of rotatable bonds is 5. The molecule has 8 heteroatoms. The number of nitrogens with one attached hydrogen (secondary N) is 2. The second-order valence-corrected chi connectivity index (χ2v) is 5.57. The summed E-state index contributed by atoms with van der Waals surface area (Å²) in [6.45, 7) is 3.88. The van der Waals surface area contributed by atoms with Crippen molar-refractivity contribution in [3.63, 3.8) is 0 Å². The first-order valence-corrected chi connectivity index (χ1v) is 7.66. The molecule has 1 aromatic rings. The zero-order valence-corrected chi connectivity index (χ0v) is 14.2. The van der Waals surface area contributed by atoms with Gasteiger partial charge in [-0.05, 0) is 37.1 Å². The van der Waals surface area contributed by atoms with Crippen LogP contribution in [0.4, 0.5) is 4.79 Å². The van der Waals surface area contributed by atoms with E-state index >= 15 is 0 Å². The quantitative estimate of drug-likeness (QED) is 0.626. The fraction of sp³-hybridized carbons (Fsp3) is 0.312. The second-order valence-electron chi connectivity index (χ2n) is 5.17. The Morgan fingerprint density at radius 1 is 1.21 bits per heavy atom. The molecule has 1 heterocycles. The monoisotopic (exact) mass is 352 g/mol. The fourth-order valence-corrected chi connectivity index (χ4v) is 2.26. The normalized spacial score (nSPS) is 15.5. The lowest BCUT2D eigenvalue weighted by Crippen LogP contribution is -2.51. The van der Waals surface area contributed by atoms with Crippen LogP contribution in [-0.2, 0) is 9.59 Å². The molecule has 0 radical (unpaired) electrons. The lowest BCUT2D eigenvalue weighted by molar-refractivity contribution is -0.123. The summed E-state index contributed by atoms with van der Waals surface area (Å²) < 4.78 is 11.0. The molecule has 128 valence electrons. The third-order valence-electron chi connectivity index (χ3n) is 3.40. The average Bonchev–Trinajstić information content (AvgIpc) is 2.52. The minimum absolute atomic E-state index is 0.0542. The summed E-state index contributed by atoms with van der Waals surface area (Å²) >= 11 is 6.24. The largest absolute Gasteiger partial charge is 0.493 e. The molecule has 0 aliphatic carbocycles. The van der Waals surface area contributed by atoms with E-state index in [1.54, 1.807) is 12.1 Å². The Labute approximate surface area is 144 Å². The van der Waals surface area contributed by atoms with E-state index in [0.29, 0.717) is 17.1 Å². The van der Waals surface area contributed by atoms with Crippen LogP contribution in [0.3, 0.4) is 0 Å². The number of halogens is 1. The summed E-state index contributed by atoms with van der Waals surface area (Å²) in [6.07, 6.45) is 2.06. The zero-order chi connectivity index (χ0) is 17.9. The van der Waals surface area contributed by atoms with Crippen LogP contribution in [0.5, 0.6) is 11.5 Å². The number of hydrogen-bond donors (Lipinski definition) is 2. The number of amides is 4. The van der Waals surface area contributed by atoms with Gasteiger partial charge in [-0.3, -0.25) is 20.2 Å². The average molecular weight is 353 g/mol. The van der Waals surface area contributed by atoms with Gasteiger partial charge in [0.25, 0.3) is 11.8 Å². The predicted octanol–water partition coefficient (Wildman–Crippen LogP) is 2.28. The Bertz CT molecular complexity index is 707. The first kappa shape index (κ1) is 17.8. The predicted molar refractivity (Wildman–Crippen MR) is 88.0 cm³/mol. The molecular weight excluding hydrogens is 336 g/mol. The van der Waals surface area contributed by atoms with Crippen LogP contribution < -0.4 is 20.1 Å². The highest BCUT2D eigenvalue weighted by molar-refractivity contribution is 6.33. The second kappa shape index (κ2) is 7.35. The number of methoxy groups -OCH3 is 1. The number of carbonyl (C=O) groups excluding carboxylic acids is 3. The van der Waals surface area contributed by atoms with E-state index in [-0.39, 0.29) is 16.7 Å². The molecular formula is C16H17ClN2O5.